The van der Waals surface area contributed by atoms with E-state index in [4.69, 9.17) is 0 Å². The molecular formula is C28H36N4O3S. The molecule has 2 fully saturated rings. The lowest BCUT2D eigenvalue weighted by Crippen LogP contribution is -2.50. The standard InChI is InChI=1S/C28H36N4O3S/c1-19-7-9-21(10-8-19)27(33)32(22-11-13-31(14-12-22)23-16-29-18-30-17-23)24-15-25(36-26(24)28(34)35)20-5-3-2-4-6-20/h5,15-19,21-22H,2-4,6-14H2,1H3,(H,34,35)/t19-,21-. The van der Waals surface area contributed by atoms with E-state index >= 15 is 0 Å². The fourth-order valence-corrected chi connectivity index (χ4v) is 7.03. The molecule has 1 saturated carbocycles. The molecule has 0 radical (unpaired) electrons. The van der Waals surface area contributed by atoms with E-state index in [1.807, 2.05) is 23.4 Å². The number of aromatic nitrogens is 2. The number of carboxylic acid groups (broad SMARTS) is 1. The van der Waals surface area contributed by atoms with Gasteiger partial charge in [0.2, 0.25) is 5.91 Å². The maximum absolute atomic E-state index is 14.1. The van der Waals surface area contributed by atoms with Crippen molar-refractivity contribution in [3.8, 4) is 0 Å². The van der Waals surface area contributed by atoms with Crippen LogP contribution >= 0.6 is 11.3 Å². The maximum atomic E-state index is 14.1. The Morgan fingerprint density at radius 2 is 1.78 bits per heavy atom. The molecule has 0 aromatic carbocycles. The Hall–Kier alpha value is -2.74. The van der Waals surface area contributed by atoms with Crippen LogP contribution in [-0.2, 0) is 4.79 Å². The second-order valence-corrected chi connectivity index (χ2v) is 11.6. The summed E-state index contributed by atoms with van der Waals surface area (Å²) in [6, 6.07) is 1.99. The summed E-state index contributed by atoms with van der Waals surface area (Å²) in [5.41, 5.74) is 2.83. The third-order valence-electron chi connectivity index (χ3n) is 8.12. The number of piperidine rings is 1. The normalized spacial score (nSPS) is 23.2. The minimum Gasteiger partial charge on any atom is -0.477 e. The first-order valence-corrected chi connectivity index (χ1v) is 14.2. The third kappa shape index (κ3) is 5.33. The Labute approximate surface area is 217 Å². The third-order valence-corrected chi connectivity index (χ3v) is 9.31. The largest absolute Gasteiger partial charge is 0.477 e. The molecule has 1 N–H and O–H groups in total. The molecule has 36 heavy (non-hydrogen) atoms. The van der Waals surface area contributed by atoms with Gasteiger partial charge in [-0.2, -0.15) is 0 Å². The van der Waals surface area contributed by atoms with Gasteiger partial charge in [-0.1, -0.05) is 13.0 Å². The predicted molar refractivity (Wildman–Crippen MR) is 144 cm³/mol. The Morgan fingerprint density at radius 1 is 1.06 bits per heavy atom. The van der Waals surface area contributed by atoms with Crippen molar-refractivity contribution in [3.05, 3.63) is 40.6 Å². The fourth-order valence-electron chi connectivity index (χ4n) is 5.97. The molecule has 1 amide bonds. The number of carboxylic acids is 1. The zero-order chi connectivity index (χ0) is 25.1. The summed E-state index contributed by atoms with van der Waals surface area (Å²) in [5, 5.41) is 10.2. The van der Waals surface area contributed by atoms with Crippen LogP contribution in [0.3, 0.4) is 0 Å². The van der Waals surface area contributed by atoms with E-state index in [0.29, 0.717) is 16.5 Å². The van der Waals surface area contributed by atoms with Gasteiger partial charge in [0.15, 0.2) is 0 Å². The summed E-state index contributed by atoms with van der Waals surface area (Å²) < 4.78 is 0. The lowest BCUT2D eigenvalue weighted by Gasteiger charge is -2.41. The highest BCUT2D eigenvalue weighted by molar-refractivity contribution is 7.15. The first-order chi connectivity index (χ1) is 17.5. The van der Waals surface area contributed by atoms with Gasteiger partial charge in [-0.05, 0) is 81.8 Å². The summed E-state index contributed by atoms with van der Waals surface area (Å²) in [6.07, 6.45) is 17.2. The predicted octanol–water partition coefficient (Wildman–Crippen LogP) is 6.02. The number of allylic oxidation sites excluding steroid dienone is 2. The lowest BCUT2D eigenvalue weighted by molar-refractivity contribution is -0.124. The van der Waals surface area contributed by atoms with E-state index in [1.54, 1.807) is 0 Å². The van der Waals surface area contributed by atoms with Crippen LogP contribution in [-0.4, -0.2) is 46.1 Å². The number of aromatic carboxylic acids is 1. The van der Waals surface area contributed by atoms with Crippen LogP contribution in [0.15, 0.2) is 30.9 Å². The molecule has 192 valence electrons. The molecule has 7 nitrogen and oxygen atoms in total. The van der Waals surface area contributed by atoms with Crippen LogP contribution in [0.25, 0.3) is 5.57 Å². The number of anilines is 2. The van der Waals surface area contributed by atoms with Gasteiger partial charge in [-0.3, -0.25) is 4.79 Å². The van der Waals surface area contributed by atoms with Crippen molar-refractivity contribution >= 4 is 40.2 Å². The van der Waals surface area contributed by atoms with Crippen molar-refractivity contribution in [2.24, 2.45) is 11.8 Å². The molecule has 0 unspecified atom stereocenters. The van der Waals surface area contributed by atoms with Gasteiger partial charge in [0.25, 0.3) is 0 Å². The smallest absolute Gasteiger partial charge is 0.348 e. The molecule has 3 aliphatic rings. The summed E-state index contributed by atoms with van der Waals surface area (Å²) in [4.78, 5) is 40.3. The van der Waals surface area contributed by atoms with Crippen LogP contribution < -0.4 is 9.80 Å². The molecule has 1 saturated heterocycles. The Morgan fingerprint density at radius 3 is 2.42 bits per heavy atom. The summed E-state index contributed by atoms with van der Waals surface area (Å²) in [7, 11) is 0. The van der Waals surface area contributed by atoms with Crippen molar-refractivity contribution in [2.75, 3.05) is 22.9 Å². The number of nitrogens with zero attached hydrogens (tertiary/aromatic N) is 4. The van der Waals surface area contributed by atoms with Crippen molar-refractivity contribution < 1.29 is 14.7 Å². The number of carbonyl (C=O) groups excluding carboxylic acids is 1. The molecule has 2 aromatic rings. The monoisotopic (exact) mass is 508 g/mol. The first kappa shape index (κ1) is 24.9. The van der Waals surface area contributed by atoms with E-state index in [9.17, 15) is 14.7 Å². The Kier molecular flexibility index (Phi) is 7.70. The van der Waals surface area contributed by atoms with Gasteiger partial charge in [-0.15, -0.1) is 11.3 Å². The molecular weight excluding hydrogens is 472 g/mol. The average molecular weight is 509 g/mol. The van der Waals surface area contributed by atoms with E-state index in [1.165, 1.54) is 29.7 Å². The highest BCUT2D eigenvalue weighted by atomic mass is 32.1. The summed E-state index contributed by atoms with van der Waals surface area (Å²) in [6.45, 7) is 3.83. The van der Waals surface area contributed by atoms with Crippen molar-refractivity contribution in [1.82, 2.24) is 9.97 Å². The van der Waals surface area contributed by atoms with E-state index in [0.717, 1.165) is 81.4 Å². The zero-order valence-corrected chi connectivity index (χ0v) is 21.9. The van der Waals surface area contributed by atoms with Gasteiger partial charge in [0, 0.05) is 29.9 Å². The number of rotatable bonds is 6. The Balaban J connectivity index is 1.46. The van der Waals surface area contributed by atoms with E-state index in [-0.39, 0.29) is 17.9 Å². The molecule has 0 atom stereocenters. The number of carbonyl (C=O) groups is 2. The Bertz CT molecular complexity index is 1100. The van der Waals surface area contributed by atoms with E-state index < -0.39 is 5.97 Å². The molecule has 0 bridgehead atoms. The van der Waals surface area contributed by atoms with Crippen LogP contribution in [0.4, 0.5) is 11.4 Å². The van der Waals surface area contributed by atoms with Crippen molar-refractivity contribution in [2.45, 2.75) is 77.2 Å². The molecule has 3 heterocycles. The summed E-state index contributed by atoms with van der Waals surface area (Å²) >= 11 is 1.34. The quantitative estimate of drug-likeness (QED) is 0.513. The lowest BCUT2D eigenvalue weighted by atomic mass is 9.82. The summed E-state index contributed by atoms with van der Waals surface area (Å²) in [5.74, 6) is -0.195. The van der Waals surface area contributed by atoms with E-state index in [2.05, 4.69) is 27.9 Å². The van der Waals surface area contributed by atoms with Crippen LogP contribution in [0, 0.1) is 11.8 Å². The molecule has 0 spiro atoms. The minimum absolute atomic E-state index is 0.0152. The second-order valence-electron chi connectivity index (χ2n) is 10.6. The molecule has 8 heteroatoms. The molecule has 1 aliphatic heterocycles. The van der Waals surface area contributed by atoms with Gasteiger partial charge in [0.1, 0.15) is 11.2 Å². The molecule has 5 rings (SSSR count). The van der Waals surface area contributed by atoms with Gasteiger partial charge >= 0.3 is 5.97 Å². The van der Waals surface area contributed by atoms with Crippen molar-refractivity contribution in [3.63, 3.8) is 0 Å². The second kappa shape index (κ2) is 11.1. The number of thiophene rings is 1. The van der Waals surface area contributed by atoms with Gasteiger partial charge < -0.3 is 14.9 Å². The average Bonchev–Trinajstić information content (AvgIpc) is 3.36. The molecule has 2 aliphatic carbocycles. The van der Waals surface area contributed by atoms with Crippen LogP contribution in [0.2, 0.25) is 0 Å². The number of amides is 1. The van der Waals surface area contributed by atoms with Crippen molar-refractivity contribution in [1.29, 1.82) is 0 Å². The van der Waals surface area contributed by atoms with Gasteiger partial charge in [-0.25, -0.2) is 14.8 Å². The topological polar surface area (TPSA) is 86.6 Å². The first-order valence-electron chi connectivity index (χ1n) is 13.4. The van der Waals surface area contributed by atoms with Crippen LogP contribution in [0.5, 0.6) is 0 Å². The SMILES string of the molecule is C[C@H]1CC[C@H](C(=O)N(c2cc(C3=CCCCC3)sc2C(=O)O)C2CCN(c3cncnc3)CC2)CC1. The fraction of sp³-hybridized carbons (Fsp3) is 0.571. The highest BCUT2D eigenvalue weighted by Gasteiger charge is 2.37. The zero-order valence-electron chi connectivity index (χ0n) is 21.1. The molecule has 2 aromatic heterocycles. The van der Waals surface area contributed by atoms with Gasteiger partial charge in [0.05, 0.1) is 23.8 Å². The van der Waals surface area contributed by atoms with Crippen LogP contribution in [0.1, 0.15) is 85.7 Å². The number of hydrogen-bond donors (Lipinski definition) is 1. The number of hydrogen-bond acceptors (Lipinski definition) is 6. The highest BCUT2D eigenvalue weighted by Crippen LogP contribution is 2.41. The minimum atomic E-state index is -0.938. The maximum Gasteiger partial charge on any atom is 0.348 e.